The Bertz CT molecular complexity index is 788. The summed E-state index contributed by atoms with van der Waals surface area (Å²) in [5, 5.41) is 9.70. The first kappa shape index (κ1) is 20.2. The zero-order valence-corrected chi connectivity index (χ0v) is 14.1. The van der Waals surface area contributed by atoms with Crippen LogP contribution in [0, 0.1) is 0 Å². The Morgan fingerprint density at radius 3 is 1.91 bits per heavy atom. The second kappa shape index (κ2) is 5.92. The van der Waals surface area contributed by atoms with Crippen LogP contribution in [0.15, 0.2) is 23.1 Å². The molecule has 8 N–H and O–H groups in total. The molecule has 0 aliphatic rings. The number of benzene rings is 1. The summed E-state index contributed by atoms with van der Waals surface area (Å²) in [6.45, 7) is 0.513. The molecule has 0 spiro atoms. The van der Waals surface area contributed by atoms with Gasteiger partial charge in [0.25, 0.3) is 10.1 Å². The van der Waals surface area contributed by atoms with Crippen molar-refractivity contribution in [3.63, 3.8) is 0 Å². The Morgan fingerprint density at radius 1 is 1.13 bits per heavy atom. The van der Waals surface area contributed by atoms with E-state index in [4.69, 9.17) is 10.3 Å². The fourth-order valence-corrected chi connectivity index (χ4v) is 4.65. The van der Waals surface area contributed by atoms with Gasteiger partial charge in [-0.1, -0.05) is 0 Å². The van der Waals surface area contributed by atoms with Crippen molar-refractivity contribution < 1.29 is 46.8 Å². The van der Waals surface area contributed by atoms with Crippen LogP contribution < -0.4 is 5.73 Å². The lowest BCUT2D eigenvalue weighted by Gasteiger charge is -2.36. The summed E-state index contributed by atoms with van der Waals surface area (Å²) in [6.07, 6.45) is 0. The molecular formula is C9H15NO10P2S. The largest absolute Gasteiger partial charge is 0.508 e. The van der Waals surface area contributed by atoms with E-state index in [0.29, 0.717) is 13.0 Å². The molecule has 0 aliphatic heterocycles. The van der Waals surface area contributed by atoms with Gasteiger partial charge in [-0.2, -0.15) is 8.42 Å². The van der Waals surface area contributed by atoms with Gasteiger partial charge >= 0.3 is 15.2 Å². The monoisotopic (exact) mass is 391 g/mol. The summed E-state index contributed by atoms with van der Waals surface area (Å²) in [6, 6.07) is -0.0599. The predicted octanol–water partition coefficient (Wildman–Crippen LogP) is -0.290. The predicted molar refractivity (Wildman–Crippen MR) is 77.3 cm³/mol. The van der Waals surface area contributed by atoms with Crippen LogP contribution in [-0.2, 0) is 19.2 Å². The van der Waals surface area contributed by atoms with E-state index in [-0.39, 0.29) is 0 Å². The molecular weight excluding hydrogens is 376 g/mol. The average molecular weight is 391 g/mol. The highest BCUT2D eigenvalue weighted by atomic mass is 32.2. The maximum absolute atomic E-state index is 11.6. The third-order valence-corrected chi connectivity index (χ3v) is 8.73. The highest BCUT2D eigenvalue weighted by Gasteiger charge is 2.61. The smallest absolute Gasteiger partial charge is 0.345 e. The van der Waals surface area contributed by atoms with Crippen molar-refractivity contribution in [1.82, 2.24) is 0 Å². The van der Waals surface area contributed by atoms with Gasteiger partial charge in [-0.15, -0.1) is 0 Å². The number of phenolic OH excluding ortho intramolecular Hbond substituents is 1. The molecule has 0 radical (unpaired) electrons. The van der Waals surface area contributed by atoms with E-state index < -0.39 is 52.5 Å². The van der Waals surface area contributed by atoms with E-state index in [1.165, 1.54) is 0 Å². The lowest BCUT2D eigenvalue weighted by molar-refractivity contribution is 0.297. The molecule has 0 aromatic heterocycles. The Labute approximate surface area is 130 Å². The standard InChI is InChI=1S/C9H15NO10P2S/c1-9(21(12,13)14,22(15,16)17)8(10)6-4-5(23(18,19)20)2-3-7(6)11/h2-4,8,11H,10H2,1H3,(H2,12,13,14)(H2,15,16,17)(H,18,19,20). The molecule has 0 fully saturated rings. The topological polar surface area (TPSA) is 216 Å². The Hall–Kier alpha value is -0.810. The molecule has 0 amide bonds. The van der Waals surface area contributed by atoms with Crippen molar-refractivity contribution in [3.8, 4) is 5.75 Å². The van der Waals surface area contributed by atoms with Crippen LogP contribution in [0.2, 0.25) is 0 Å². The van der Waals surface area contributed by atoms with Crippen LogP contribution in [0.25, 0.3) is 0 Å². The molecule has 1 unspecified atom stereocenters. The summed E-state index contributed by atoms with van der Waals surface area (Å²) < 4.78 is 54.3. The highest BCUT2D eigenvalue weighted by molar-refractivity contribution is 7.85. The van der Waals surface area contributed by atoms with Crippen molar-refractivity contribution in [1.29, 1.82) is 0 Å². The summed E-state index contributed by atoms with van der Waals surface area (Å²) in [4.78, 5) is 33.3. The number of nitrogens with two attached hydrogens (primary N) is 1. The van der Waals surface area contributed by atoms with Crippen molar-refractivity contribution in [2.45, 2.75) is 22.8 Å². The SMILES string of the molecule is CC(C(N)c1cc(S(=O)(=O)O)ccc1O)(P(=O)(O)O)P(=O)(O)O. The van der Waals surface area contributed by atoms with Crippen LogP contribution >= 0.6 is 15.2 Å². The van der Waals surface area contributed by atoms with Gasteiger partial charge in [0.05, 0.1) is 10.9 Å². The van der Waals surface area contributed by atoms with Gasteiger partial charge in [0, 0.05) is 5.56 Å². The second-order valence-electron chi connectivity index (χ2n) is 4.86. The maximum Gasteiger partial charge on any atom is 0.345 e. The molecule has 132 valence electrons. The molecule has 0 saturated heterocycles. The van der Waals surface area contributed by atoms with Crippen LogP contribution in [0.1, 0.15) is 18.5 Å². The molecule has 11 nitrogen and oxygen atoms in total. The van der Waals surface area contributed by atoms with Crippen molar-refractivity contribution in [3.05, 3.63) is 23.8 Å². The normalized spacial score (nSPS) is 15.4. The number of hydrogen-bond donors (Lipinski definition) is 7. The molecule has 0 bridgehead atoms. The molecule has 0 aliphatic carbocycles. The highest BCUT2D eigenvalue weighted by Crippen LogP contribution is 2.72. The van der Waals surface area contributed by atoms with E-state index in [2.05, 4.69) is 0 Å². The van der Waals surface area contributed by atoms with Gasteiger partial charge in [0.2, 0.25) is 0 Å². The van der Waals surface area contributed by atoms with E-state index >= 15 is 0 Å². The third kappa shape index (κ3) is 3.66. The van der Waals surface area contributed by atoms with E-state index in [1.807, 2.05) is 0 Å². The lowest BCUT2D eigenvalue weighted by atomic mass is 10.0. The zero-order valence-electron chi connectivity index (χ0n) is 11.5. The quantitative estimate of drug-likeness (QED) is 0.255. The maximum atomic E-state index is 11.6. The molecule has 1 aromatic rings. The lowest BCUT2D eigenvalue weighted by Crippen LogP contribution is -2.38. The minimum atomic E-state index is -5.52. The molecule has 14 heteroatoms. The number of hydrogen-bond acceptors (Lipinski definition) is 6. The summed E-state index contributed by atoms with van der Waals surface area (Å²) in [7, 11) is -15.8. The molecule has 0 saturated carbocycles. The first-order valence-corrected chi connectivity index (χ1v) is 10.4. The molecule has 1 rings (SSSR count). The van der Waals surface area contributed by atoms with Crippen molar-refractivity contribution in [2.24, 2.45) is 5.73 Å². The average Bonchev–Trinajstić information content (AvgIpc) is 2.33. The van der Waals surface area contributed by atoms with Gasteiger partial charge in [0.15, 0.2) is 4.90 Å². The first-order valence-electron chi connectivity index (χ1n) is 5.70. The Balaban J connectivity index is 3.69. The Morgan fingerprint density at radius 2 is 1.57 bits per heavy atom. The minimum absolute atomic E-state index is 0.513. The minimum Gasteiger partial charge on any atom is -0.508 e. The van der Waals surface area contributed by atoms with Gasteiger partial charge in [0.1, 0.15) is 5.75 Å². The molecule has 1 aromatic carbocycles. The fraction of sp³-hybridized carbons (Fsp3) is 0.333. The summed E-state index contributed by atoms with van der Waals surface area (Å²) >= 11 is 0. The number of rotatable bonds is 5. The summed E-state index contributed by atoms with van der Waals surface area (Å²) in [5.74, 6) is -0.766. The van der Waals surface area contributed by atoms with Crippen LogP contribution in [-0.4, -0.2) is 42.5 Å². The number of aromatic hydroxyl groups is 1. The van der Waals surface area contributed by atoms with E-state index in [9.17, 15) is 42.2 Å². The summed E-state index contributed by atoms with van der Waals surface area (Å²) in [5.41, 5.74) is 4.87. The van der Waals surface area contributed by atoms with Crippen molar-refractivity contribution >= 4 is 25.3 Å². The van der Waals surface area contributed by atoms with Gasteiger partial charge in [-0.05, 0) is 25.1 Å². The van der Waals surface area contributed by atoms with Gasteiger partial charge in [-0.3, -0.25) is 13.7 Å². The van der Waals surface area contributed by atoms with Crippen LogP contribution in [0.3, 0.4) is 0 Å². The first-order chi connectivity index (χ1) is 10.0. The molecule has 1 atom stereocenters. The fourth-order valence-electron chi connectivity index (χ4n) is 1.77. The zero-order chi connectivity index (χ0) is 18.4. The second-order valence-corrected chi connectivity index (χ2v) is 10.7. The third-order valence-electron chi connectivity index (χ3n) is 3.40. The number of phenols is 1. The van der Waals surface area contributed by atoms with Gasteiger partial charge < -0.3 is 30.4 Å². The van der Waals surface area contributed by atoms with Gasteiger partial charge in [-0.25, -0.2) is 0 Å². The van der Waals surface area contributed by atoms with E-state index in [1.54, 1.807) is 0 Å². The molecule has 23 heavy (non-hydrogen) atoms. The molecule has 0 heterocycles. The van der Waals surface area contributed by atoms with Crippen molar-refractivity contribution in [2.75, 3.05) is 0 Å². The Kier molecular flexibility index (Phi) is 5.21. The van der Waals surface area contributed by atoms with Crippen LogP contribution in [0.4, 0.5) is 0 Å². The van der Waals surface area contributed by atoms with E-state index in [0.717, 1.165) is 12.1 Å². The van der Waals surface area contributed by atoms with Crippen LogP contribution in [0.5, 0.6) is 5.75 Å².